The third-order valence-corrected chi connectivity index (χ3v) is 6.15. The molecule has 0 saturated heterocycles. The minimum Gasteiger partial charge on any atom is -0.273 e. The largest absolute Gasteiger partial charge is 0.411 e. The molecule has 1 heterocycles. The predicted octanol–water partition coefficient (Wildman–Crippen LogP) is 7.66. The number of nitrogens with zero attached hydrogens (tertiary/aromatic N) is 3. The van der Waals surface area contributed by atoms with Gasteiger partial charge in [-0.25, -0.2) is 22.0 Å². The first-order valence-electron chi connectivity index (χ1n) is 10.8. The highest BCUT2D eigenvalue weighted by atomic mass is 19.4. The first-order chi connectivity index (χ1) is 18.0. The normalized spacial score (nSPS) is 12.7. The fourth-order valence-electron chi connectivity index (χ4n) is 4.26. The van der Waals surface area contributed by atoms with Gasteiger partial charge in [-0.3, -0.25) is 4.57 Å². The van der Waals surface area contributed by atoms with Crippen molar-refractivity contribution in [2.24, 2.45) is 0 Å². The number of benzene rings is 3. The molecule has 0 saturated carbocycles. The summed E-state index contributed by atoms with van der Waals surface area (Å²) in [6.07, 6.45) is -11.7. The minimum atomic E-state index is -5.87. The molecule has 4 aromatic rings. The van der Waals surface area contributed by atoms with Gasteiger partial charge in [0.25, 0.3) is 0 Å². The van der Waals surface area contributed by atoms with Crippen LogP contribution in [-0.4, -0.2) is 27.1 Å². The van der Waals surface area contributed by atoms with E-state index in [2.05, 4.69) is 10.2 Å². The molecule has 3 aromatic carbocycles. The summed E-state index contributed by atoms with van der Waals surface area (Å²) in [5.41, 5.74) is -8.21. The third-order valence-electron chi connectivity index (χ3n) is 6.15. The second kappa shape index (κ2) is 9.35. The number of hydrogen-bond donors (Lipinski definition) is 0. The minimum absolute atomic E-state index is 0.328. The molecule has 0 unspecified atom stereocenters. The Morgan fingerprint density at radius 1 is 0.564 bits per heavy atom. The molecule has 0 amide bonds. The van der Waals surface area contributed by atoms with E-state index in [0.717, 1.165) is 31.2 Å². The van der Waals surface area contributed by atoms with Crippen LogP contribution in [0.5, 0.6) is 0 Å². The SMILES string of the molecule is Cc1ccc(C(c2ccc(-c3nnc(C)n3-c3c(F)c(F)c(F)c(F)c3F)cc2)(C(F)(F)F)C(F)(F)F)cc1. The average Bonchev–Trinajstić information content (AvgIpc) is 3.23. The Balaban J connectivity index is 1.94. The molecule has 0 radical (unpaired) electrons. The Morgan fingerprint density at radius 3 is 1.41 bits per heavy atom. The summed E-state index contributed by atoms with van der Waals surface area (Å²) < 4.78 is 156. The van der Waals surface area contributed by atoms with Crippen molar-refractivity contribution in [2.75, 3.05) is 0 Å². The van der Waals surface area contributed by atoms with Gasteiger partial charge in [0.1, 0.15) is 11.5 Å². The molecule has 14 heteroatoms. The highest BCUT2D eigenvalue weighted by molar-refractivity contribution is 5.61. The van der Waals surface area contributed by atoms with Crippen molar-refractivity contribution in [3.63, 3.8) is 0 Å². The molecule has 0 fully saturated rings. The summed E-state index contributed by atoms with van der Waals surface area (Å²) in [4.78, 5) is 0. The molecule has 3 nitrogen and oxygen atoms in total. The van der Waals surface area contributed by atoms with E-state index in [1.807, 2.05) is 0 Å². The summed E-state index contributed by atoms with van der Waals surface area (Å²) >= 11 is 0. The van der Waals surface area contributed by atoms with Gasteiger partial charge in [-0.15, -0.1) is 10.2 Å². The van der Waals surface area contributed by atoms with Crippen LogP contribution in [0, 0.1) is 42.9 Å². The zero-order valence-electron chi connectivity index (χ0n) is 19.6. The van der Waals surface area contributed by atoms with Crippen molar-refractivity contribution in [2.45, 2.75) is 31.6 Å². The van der Waals surface area contributed by atoms with Crippen LogP contribution in [0.25, 0.3) is 17.1 Å². The summed E-state index contributed by atoms with van der Waals surface area (Å²) in [5, 5.41) is 7.10. The van der Waals surface area contributed by atoms with E-state index in [9.17, 15) is 48.3 Å². The molecule has 0 aliphatic heterocycles. The van der Waals surface area contributed by atoms with Crippen molar-refractivity contribution in [1.82, 2.24) is 14.8 Å². The third kappa shape index (κ3) is 4.21. The maximum Gasteiger partial charge on any atom is 0.411 e. The first kappa shape index (κ1) is 28.0. The molecule has 0 aliphatic carbocycles. The molecule has 0 spiro atoms. The lowest BCUT2D eigenvalue weighted by molar-refractivity contribution is -0.288. The number of alkyl halides is 6. The highest BCUT2D eigenvalue weighted by Gasteiger charge is 2.72. The molecular weight excluding hydrogens is 551 g/mol. The molecule has 4 rings (SSSR count). The first-order valence-corrected chi connectivity index (χ1v) is 10.8. The standard InChI is InChI=1S/C25H14F11N3/c1-11-3-7-14(8-4-11)23(24(31,32)33,25(34,35)36)15-9-5-13(6-10-15)22-38-37-12(2)39(22)21-19(29)17(27)16(26)18(28)20(21)30/h3-10H,1-2H3. The Morgan fingerprint density at radius 2 is 0.974 bits per heavy atom. The lowest BCUT2D eigenvalue weighted by Gasteiger charge is -2.38. The molecular formula is C25H14F11N3. The van der Waals surface area contributed by atoms with Crippen LogP contribution in [-0.2, 0) is 5.41 Å². The maximum atomic E-state index is 14.5. The van der Waals surface area contributed by atoms with Crippen LogP contribution in [0.1, 0.15) is 22.5 Å². The van der Waals surface area contributed by atoms with Crippen LogP contribution in [0.3, 0.4) is 0 Å². The predicted molar refractivity (Wildman–Crippen MR) is 115 cm³/mol. The summed E-state index contributed by atoms with van der Waals surface area (Å²) in [7, 11) is 0. The van der Waals surface area contributed by atoms with Crippen molar-refractivity contribution in [3.05, 3.63) is 100 Å². The quantitative estimate of drug-likeness (QED) is 0.145. The van der Waals surface area contributed by atoms with Gasteiger partial charge in [-0.2, -0.15) is 26.3 Å². The molecule has 206 valence electrons. The van der Waals surface area contributed by atoms with E-state index in [1.165, 1.54) is 6.92 Å². The zero-order chi connectivity index (χ0) is 29.1. The van der Waals surface area contributed by atoms with E-state index in [0.29, 0.717) is 34.4 Å². The Kier molecular flexibility index (Phi) is 6.72. The van der Waals surface area contributed by atoms with Crippen LogP contribution < -0.4 is 0 Å². The average molecular weight is 565 g/mol. The summed E-state index contributed by atoms with van der Waals surface area (Å²) in [6, 6.07) is 6.03. The van der Waals surface area contributed by atoms with E-state index >= 15 is 0 Å². The van der Waals surface area contributed by atoms with Gasteiger partial charge in [0.05, 0.1) is 0 Å². The molecule has 0 aliphatic rings. The van der Waals surface area contributed by atoms with Gasteiger partial charge in [0.15, 0.2) is 29.1 Å². The van der Waals surface area contributed by atoms with Gasteiger partial charge in [0.2, 0.25) is 11.2 Å². The van der Waals surface area contributed by atoms with E-state index < -0.39 is 75.3 Å². The Hall–Kier alpha value is -3.97. The molecule has 1 aromatic heterocycles. The van der Waals surface area contributed by atoms with Gasteiger partial charge >= 0.3 is 12.4 Å². The summed E-state index contributed by atoms with van der Waals surface area (Å²) in [5.74, 6) is -12.5. The van der Waals surface area contributed by atoms with Crippen molar-refractivity contribution >= 4 is 0 Å². The Bertz CT molecular complexity index is 1490. The zero-order valence-corrected chi connectivity index (χ0v) is 19.6. The summed E-state index contributed by atoms with van der Waals surface area (Å²) in [6.45, 7) is 2.56. The van der Waals surface area contributed by atoms with Gasteiger partial charge in [-0.1, -0.05) is 54.1 Å². The molecule has 0 atom stereocenters. The number of rotatable bonds is 4. The maximum absolute atomic E-state index is 14.5. The second-order valence-corrected chi connectivity index (χ2v) is 8.51. The van der Waals surface area contributed by atoms with Crippen LogP contribution in [0.15, 0.2) is 48.5 Å². The van der Waals surface area contributed by atoms with Crippen molar-refractivity contribution < 1.29 is 48.3 Å². The number of hydrogen-bond acceptors (Lipinski definition) is 2. The van der Waals surface area contributed by atoms with E-state index in [4.69, 9.17) is 0 Å². The fraction of sp³-hybridized carbons (Fsp3) is 0.200. The fourth-order valence-corrected chi connectivity index (χ4v) is 4.26. The van der Waals surface area contributed by atoms with Gasteiger partial charge in [0, 0.05) is 5.56 Å². The van der Waals surface area contributed by atoms with Crippen LogP contribution in [0.2, 0.25) is 0 Å². The lowest BCUT2D eigenvalue weighted by Crippen LogP contribution is -2.54. The van der Waals surface area contributed by atoms with E-state index in [1.54, 1.807) is 0 Å². The Labute approximate surface area is 212 Å². The van der Waals surface area contributed by atoms with E-state index in [-0.39, 0.29) is 5.56 Å². The van der Waals surface area contributed by atoms with Crippen LogP contribution in [0.4, 0.5) is 48.3 Å². The number of aromatic nitrogens is 3. The van der Waals surface area contributed by atoms with Crippen molar-refractivity contribution in [1.29, 1.82) is 0 Å². The molecule has 39 heavy (non-hydrogen) atoms. The van der Waals surface area contributed by atoms with Crippen molar-refractivity contribution in [3.8, 4) is 17.1 Å². The molecule has 0 bridgehead atoms. The van der Waals surface area contributed by atoms with Crippen LogP contribution >= 0.6 is 0 Å². The lowest BCUT2D eigenvalue weighted by atomic mass is 9.72. The second-order valence-electron chi connectivity index (χ2n) is 8.51. The smallest absolute Gasteiger partial charge is 0.273 e. The topological polar surface area (TPSA) is 30.7 Å². The van der Waals surface area contributed by atoms with Gasteiger partial charge in [-0.05, 0) is 25.0 Å². The molecule has 0 N–H and O–H groups in total. The number of halogens is 11. The monoisotopic (exact) mass is 565 g/mol. The number of aryl methyl sites for hydroxylation is 2. The highest BCUT2D eigenvalue weighted by Crippen LogP contribution is 2.56. The van der Waals surface area contributed by atoms with Gasteiger partial charge < -0.3 is 0 Å².